The van der Waals surface area contributed by atoms with Gasteiger partial charge < -0.3 is 20.4 Å². The zero-order valence-corrected chi connectivity index (χ0v) is 14.6. The van der Waals surface area contributed by atoms with Gasteiger partial charge in [0, 0.05) is 6.42 Å². The fourth-order valence-corrected chi connectivity index (χ4v) is 2.13. The second-order valence-corrected chi connectivity index (χ2v) is 5.74. The Bertz CT molecular complexity index is 631. The van der Waals surface area contributed by atoms with Crippen LogP contribution in [-0.4, -0.2) is 38.6 Å². The molecule has 0 aliphatic heterocycles. The molecule has 1 rings (SSSR count). The number of allylic oxidation sites excluding steroid dienone is 6. The highest BCUT2D eigenvalue weighted by atomic mass is 16.4. The largest absolute Gasteiger partial charge is 0.481 e. The van der Waals surface area contributed by atoms with E-state index in [1.54, 1.807) is 42.5 Å². The van der Waals surface area contributed by atoms with Crippen molar-refractivity contribution in [3.63, 3.8) is 0 Å². The molecule has 140 valence electrons. The molecule has 0 radical (unpaired) electrons. The summed E-state index contributed by atoms with van der Waals surface area (Å²) in [7, 11) is 0. The number of carboxylic acids is 1. The van der Waals surface area contributed by atoms with E-state index in [0.717, 1.165) is 5.56 Å². The van der Waals surface area contributed by atoms with Crippen molar-refractivity contribution in [1.29, 1.82) is 0 Å². The van der Waals surface area contributed by atoms with Crippen molar-refractivity contribution >= 4 is 5.97 Å². The van der Waals surface area contributed by atoms with Gasteiger partial charge in [-0.25, -0.2) is 0 Å². The molecule has 0 aromatic heterocycles. The van der Waals surface area contributed by atoms with Crippen molar-refractivity contribution < 1.29 is 25.2 Å². The van der Waals surface area contributed by atoms with Crippen molar-refractivity contribution in [1.82, 2.24) is 0 Å². The van der Waals surface area contributed by atoms with Crippen LogP contribution in [0.1, 0.15) is 30.9 Å². The number of hydrogen-bond donors (Lipinski definition) is 4. The van der Waals surface area contributed by atoms with Gasteiger partial charge in [-0.1, -0.05) is 78.9 Å². The minimum Gasteiger partial charge on any atom is -0.481 e. The molecule has 0 saturated carbocycles. The van der Waals surface area contributed by atoms with Crippen LogP contribution in [-0.2, 0) is 4.79 Å². The van der Waals surface area contributed by atoms with Gasteiger partial charge in [-0.2, -0.15) is 0 Å². The molecule has 26 heavy (non-hydrogen) atoms. The number of hydrogen-bond acceptors (Lipinski definition) is 4. The molecule has 0 aliphatic rings. The average Bonchev–Trinajstić information content (AvgIpc) is 2.63. The molecule has 3 atom stereocenters. The molecule has 0 heterocycles. The summed E-state index contributed by atoms with van der Waals surface area (Å²) in [4.78, 5) is 10.4. The molecule has 0 bridgehead atoms. The van der Waals surface area contributed by atoms with Crippen LogP contribution in [0.3, 0.4) is 0 Å². The third-order valence-electron chi connectivity index (χ3n) is 3.58. The lowest BCUT2D eigenvalue weighted by Crippen LogP contribution is -2.23. The Kier molecular flexibility index (Phi) is 10.6. The van der Waals surface area contributed by atoms with Gasteiger partial charge in [0.05, 0.1) is 18.3 Å². The molecule has 0 amide bonds. The Morgan fingerprint density at radius 1 is 0.885 bits per heavy atom. The Hall–Kier alpha value is -2.47. The maximum absolute atomic E-state index is 10.4. The van der Waals surface area contributed by atoms with Gasteiger partial charge in [-0.05, 0) is 18.4 Å². The van der Waals surface area contributed by atoms with Gasteiger partial charge in [-0.3, -0.25) is 4.79 Å². The highest BCUT2D eigenvalue weighted by Gasteiger charge is 2.12. The summed E-state index contributed by atoms with van der Waals surface area (Å²) in [6.07, 6.45) is 11.3. The van der Waals surface area contributed by atoms with E-state index in [0.29, 0.717) is 6.42 Å². The summed E-state index contributed by atoms with van der Waals surface area (Å²) in [5.41, 5.74) is 0.825. The van der Waals surface area contributed by atoms with Crippen LogP contribution >= 0.6 is 0 Å². The minimum atomic E-state index is -1.03. The molecule has 0 spiro atoms. The maximum atomic E-state index is 10.4. The first-order chi connectivity index (χ1) is 12.5. The number of aliphatic carboxylic acids is 1. The number of benzene rings is 1. The summed E-state index contributed by atoms with van der Waals surface area (Å²) >= 11 is 0. The fraction of sp³-hybridized carbons (Fsp3) is 0.286. The van der Waals surface area contributed by atoms with Crippen LogP contribution in [0.4, 0.5) is 0 Å². The first-order valence-electron chi connectivity index (χ1n) is 8.50. The Balaban J connectivity index is 2.30. The van der Waals surface area contributed by atoms with Gasteiger partial charge in [0.15, 0.2) is 0 Å². The molecule has 0 unspecified atom stereocenters. The van der Waals surface area contributed by atoms with Crippen molar-refractivity contribution in [2.45, 2.75) is 37.6 Å². The van der Waals surface area contributed by atoms with Crippen LogP contribution in [0.25, 0.3) is 0 Å². The lowest BCUT2D eigenvalue weighted by Gasteiger charge is -2.13. The summed E-state index contributed by atoms with van der Waals surface area (Å²) in [5.74, 6) is -0.915. The van der Waals surface area contributed by atoms with Crippen LogP contribution in [0, 0.1) is 0 Å². The number of aliphatic hydroxyl groups is 3. The SMILES string of the molecule is O=C(O)CCC[C@H](O)[C@H](O)/C=C/C=C/C=C\C=C\[C@@H](O)c1ccccc1. The predicted molar refractivity (Wildman–Crippen MR) is 101 cm³/mol. The Labute approximate surface area is 153 Å². The summed E-state index contributed by atoms with van der Waals surface area (Å²) in [6, 6.07) is 9.34. The Morgan fingerprint density at radius 3 is 2.08 bits per heavy atom. The van der Waals surface area contributed by atoms with E-state index in [4.69, 9.17) is 5.11 Å². The van der Waals surface area contributed by atoms with E-state index in [-0.39, 0.29) is 12.8 Å². The van der Waals surface area contributed by atoms with Gasteiger partial charge in [0.2, 0.25) is 0 Å². The molecule has 1 aromatic rings. The molecule has 5 nitrogen and oxygen atoms in total. The number of carboxylic acid groups (broad SMARTS) is 1. The van der Waals surface area contributed by atoms with Crippen molar-refractivity contribution in [2.24, 2.45) is 0 Å². The lowest BCUT2D eigenvalue weighted by molar-refractivity contribution is -0.137. The first-order valence-corrected chi connectivity index (χ1v) is 8.50. The van der Waals surface area contributed by atoms with E-state index in [9.17, 15) is 20.1 Å². The highest BCUT2D eigenvalue weighted by molar-refractivity contribution is 5.66. The monoisotopic (exact) mass is 358 g/mol. The van der Waals surface area contributed by atoms with E-state index >= 15 is 0 Å². The van der Waals surface area contributed by atoms with Gasteiger partial charge in [0.25, 0.3) is 0 Å². The van der Waals surface area contributed by atoms with Crippen LogP contribution in [0.5, 0.6) is 0 Å². The Morgan fingerprint density at radius 2 is 1.46 bits per heavy atom. The predicted octanol–water partition coefficient (Wildman–Crippen LogP) is 2.92. The average molecular weight is 358 g/mol. The molecular weight excluding hydrogens is 332 g/mol. The third-order valence-corrected chi connectivity index (χ3v) is 3.58. The van der Waals surface area contributed by atoms with Gasteiger partial charge in [-0.15, -0.1) is 0 Å². The second-order valence-electron chi connectivity index (χ2n) is 5.74. The quantitative estimate of drug-likeness (QED) is 0.456. The van der Waals surface area contributed by atoms with Crippen LogP contribution in [0.15, 0.2) is 78.9 Å². The summed E-state index contributed by atoms with van der Waals surface area (Å²) in [6.45, 7) is 0. The fourth-order valence-electron chi connectivity index (χ4n) is 2.13. The minimum absolute atomic E-state index is 0.0231. The molecular formula is C21H26O5. The standard InChI is InChI=1S/C21H26O5/c22-18(17-11-6-5-7-12-17)13-8-3-1-2-4-9-14-19(23)20(24)15-10-16-21(25)26/h1-9,11-14,18-20,22-24H,10,15-16H2,(H,25,26)/b3-1-,4-2+,13-8+,14-9+/t18-,19-,20+/m1/s1. The highest BCUT2D eigenvalue weighted by Crippen LogP contribution is 2.12. The van der Waals surface area contributed by atoms with Gasteiger partial charge >= 0.3 is 5.97 Å². The topological polar surface area (TPSA) is 98.0 Å². The molecule has 0 fully saturated rings. The summed E-state index contributed by atoms with van der Waals surface area (Å²) in [5, 5.41) is 37.9. The molecule has 0 aliphatic carbocycles. The number of aliphatic hydroxyl groups excluding tert-OH is 3. The zero-order chi connectivity index (χ0) is 19.2. The lowest BCUT2D eigenvalue weighted by atomic mass is 10.1. The molecule has 1 aromatic carbocycles. The molecule has 5 heteroatoms. The third kappa shape index (κ3) is 9.74. The normalized spacial score (nSPS) is 16.0. The molecule has 0 saturated heterocycles. The van der Waals surface area contributed by atoms with Crippen molar-refractivity contribution in [3.8, 4) is 0 Å². The van der Waals surface area contributed by atoms with E-state index in [1.807, 2.05) is 30.3 Å². The number of rotatable bonds is 11. The zero-order valence-electron chi connectivity index (χ0n) is 14.6. The van der Waals surface area contributed by atoms with E-state index < -0.39 is 24.3 Å². The van der Waals surface area contributed by atoms with Crippen molar-refractivity contribution in [2.75, 3.05) is 0 Å². The summed E-state index contributed by atoms with van der Waals surface area (Å²) < 4.78 is 0. The number of carbonyl (C=O) groups is 1. The smallest absolute Gasteiger partial charge is 0.303 e. The second kappa shape index (κ2) is 12.8. The van der Waals surface area contributed by atoms with Crippen LogP contribution in [0.2, 0.25) is 0 Å². The van der Waals surface area contributed by atoms with Gasteiger partial charge in [0.1, 0.15) is 0 Å². The van der Waals surface area contributed by atoms with E-state index in [1.165, 1.54) is 6.08 Å². The molecule has 4 N–H and O–H groups in total. The van der Waals surface area contributed by atoms with E-state index in [2.05, 4.69) is 0 Å². The van der Waals surface area contributed by atoms with Crippen LogP contribution < -0.4 is 0 Å². The maximum Gasteiger partial charge on any atom is 0.303 e. The van der Waals surface area contributed by atoms with Crippen molar-refractivity contribution in [3.05, 3.63) is 84.5 Å². The first kappa shape index (κ1) is 21.6.